The number of halogens is 4. The highest BCUT2D eigenvalue weighted by molar-refractivity contribution is 9.10. The van der Waals surface area contributed by atoms with E-state index in [2.05, 4.69) is 15.9 Å². The Labute approximate surface area is 241 Å². The van der Waals surface area contributed by atoms with Crippen LogP contribution in [0.25, 0.3) is 0 Å². The molecule has 11 heteroatoms. The molecule has 2 aliphatic heterocycles. The molecule has 0 bridgehead atoms. The maximum absolute atomic E-state index is 14.2. The van der Waals surface area contributed by atoms with E-state index in [-0.39, 0.29) is 48.2 Å². The van der Waals surface area contributed by atoms with Crippen LogP contribution in [0.1, 0.15) is 31.2 Å². The molecule has 2 aromatic carbocycles. The molecule has 0 aromatic heterocycles. The lowest BCUT2D eigenvalue weighted by molar-refractivity contribution is -0.140. The summed E-state index contributed by atoms with van der Waals surface area (Å²) >= 11 is 17.9. The smallest absolute Gasteiger partial charge is 0.258 e. The Balaban J connectivity index is 1.59. The molecular weight excluding hydrogens is 614 g/mol. The van der Waals surface area contributed by atoms with Gasteiger partial charge in [-0.05, 0) is 68.1 Å². The van der Waals surface area contributed by atoms with Gasteiger partial charge >= 0.3 is 0 Å². The minimum absolute atomic E-state index is 0.0946. The number of imide groups is 2. The van der Waals surface area contributed by atoms with Crippen LogP contribution in [-0.2, 0) is 19.2 Å². The Morgan fingerprint density at radius 1 is 1.03 bits per heavy atom. The van der Waals surface area contributed by atoms with E-state index in [9.17, 15) is 28.7 Å². The van der Waals surface area contributed by atoms with Crippen LogP contribution in [0.2, 0.25) is 0 Å². The fraction of sp³-hybridized carbons (Fsp3) is 0.357. The minimum atomic E-state index is -2.09. The van der Waals surface area contributed by atoms with Crippen molar-refractivity contribution < 1.29 is 28.7 Å². The van der Waals surface area contributed by atoms with Gasteiger partial charge in [0.2, 0.25) is 11.8 Å². The van der Waals surface area contributed by atoms with Gasteiger partial charge in [0, 0.05) is 22.5 Å². The predicted molar refractivity (Wildman–Crippen MR) is 145 cm³/mol. The van der Waals surface area contributed by atoms with Gasteiger partial charge in [0.05, 0.1) is 17.5 Å². The molecule has 4 amide bonds. The second kappa shape index (κ2) is 8.88. The third kappa shape index (κ3) is 3.39. The Morgan fingerprint density at radius 2 is 1.72 bits per heavy atom. The fourth-order valence-electron chi connectivity index (χ4n) is 6.88. The number of phenols is 1. The third-order valence-electron chi connectivity index (χ3n) is 8.60. The Morgan fingerprint density at radius 3 is 2.38 bits per heavy atom. The highest BCUT2D eigenvalue weighted by atomic mass is 79.9. The topological polar surface area (TPSA) is 95.0 Å². The number of benzene rings is 2. The summed E-state index contributed by atoms with van der Waals surface area (Å²) in [6.45, 7) is 1.93. The molecule has 2 aromatic rings. The maximum Gasteiger partial charge on any atom is 0.258 e. The van der Waals surface area contributed by atoms with Gasteiger partial charge in [0.1, 0.15) is 11.6 Å². The van der Waals surface area contributed by atoms with E-state index >= 15 is 0 Å². The number of aromatic hydroxyl groups is 1. The fourth-order valence-corrected chi connectivity index (χ4v) is 8.18. The molecule has 1 saturated carbocycles. The molecule has 3 fully saturated rings. The van der Waals surface area contributed by atoms with Crippen LogP contribution in [0.3, 0.4) is 0 Å². The van der Waals surface area contributed by atoms with Gasteiger partial charge in [-0.15, -0.1) is 23.2 Å². The molecule has 6 unspecified atom stereocenters. The average molecular weight is 636 g/mol. The van der Waals surface area contributed by atoms with Gasteiger partial charge in [-0.3, -0.25) is 24.1 Å². The van der Waals surface area contributed by atoms with Gasteiger partial charge in [-0.25, -0.2) is 9.29 Å². The van der Waals surface area contributed by atoms with E-state index in [0.717, 1.165) is 17.0 Å². The molecule has 0 spiro atoms. The number of phenolic OH excluding ortho intramolecular Hbond substituents is 1. The number of allylic oxidation sites excluding steroid dienone is 2. The summed E-state index contributed by atoms with van der Waals surface area (Å²) in [6.07, 6.45) is 1.88. The zero-order valence-corrected chi connectivity index (χ0v) is 23.6. The minimum Gasteiger partial charge on any atom is -0.508 e. The summed E-state index contributed by atoms with van der Waals surface area (Å²) < 4.78 is 14.3. The van der Waals surface area contributed by atoms with E-state index in [1.165, 1.54) is 23.1 Å². The van der Waals surface area contributed by atoms with Crippen molar-refractivity contribution in [2.45, 2.75) is 35.4 Å². The zero-order valence-electron chi connectivity index (χ0n) is 20.5. The monoisotopic (exact) mass is 634 g/mol. The molecule has 39 heavy (non-hydrogen) atoms. The van der Waals surface area contributed by atoms with E-state index in [1.807, 2.05) is 0 Å². The number of likely N-dealkylation sites (tertiary alicyclic amines) is 1. The number of carbonyl (C=O) groups is 4. The summed E-state index contributed by atoms with van der Waals surface area (Å²) in [5.41, 5.74) is 0.930. The number of amides is 4. The SMILES string of the molecule is CCN1C(=O)C2CC=C3C(CC4(Cl)C(=O)N(c5ccc(F)cc5)C(=O)C4(Cl)C3c3cc(Br)ccc3O)C2C1=O. The van der Waals surface area contributed by atoms with Crippen molar-refractivity contribution in [2.24, 2.45) is 17.8 Å². The number of rotatable bonds is 3. The summed E-state index contributed by atoms with van der Waals surface area (Å²) in [6, 6.07) is 9.47. The largest absolute Gasteiger partial charge is 0.508 e. The molecule has 2 heterocycles. The number of fused-ring (bicyclic) bond motifs is 4. The number of alkyl halides is 2. The van der Waals surface area contributed by atoms with Crippen molar-refractivity contribution in [3.8, 4) is 5.75 Å². The molecule has 6 atom stereocenters. The number of carbonyl (C=O) groups excluding carboxylic acids is 4. The van der Waals surface area contributed by atoms with Crippen molar-refractivity contribution in [3.05, 3.63) is 70.0 Å². The summed E-state index contributed by atoms with van der Waals surface area (Å²) in [5, 5.41) is 11.0. The molecule has 2 aliphatic carbocycles. The standard InChI is InChI=1S/C28H22BrCl2FN2O5/c1-2-33-23(36)17-9-8-16-19(21(17)24(33)37)12-27(30)25(38)34(15-6-4-14(32)5-7-15)26(39)28(27,31)22(16)18-11-13(29)3-10-20(18)35/h3-8,10-11,17,19,21-22,35H,2,9,12H2,1H3. The quantitative estimate of drug-likeness (QED) is 0.295. The van der Waals surface area contributed by atoms with Crippen LogP contribution in [0.15, 0.2) is 58.6 Å². The first-order chi connectivity index (χ1) is 18.5. The Bertz CT molecular complexity index is 1500. The summed E-state index contributed by atoms with van der Waals surface area (Å²) in [7, 11) is 0. The number of hydrogen-bond donors (Lipinski definition) is 1. The second-order valence-electron chi connectivity index (χ2n) is 10.4. The molecule has 6 rings (SSSR count). The molecule has 7 nitrogen and oxygen atoms in total. The molecular formula is C28H22BrCl2FN2O5. The zero-order chi connectivity index (χ0) is 28.0. The highest BCUT2D eigenvalue weighted by Gasteiger charge is 2.76. The number of nitrogens with zero attached hydrogens (tertiary/aromatic N) is 2. The first-order valence-corrected chi connectivity index (χ1v) is 14.1. The lowest BCUT2D eigenvalue weighted by Crippen LogP contribution is -2.60. The molecule has 202 valence electrons. The summed E-state index contributed by atoms with van der Waals surface area (Å²) in [4.78, 5) is 52.8. The van der Waals surface area contributed by atoms with Crippen molar-refractivity contribution in [1.29, 1.82) is 0 Å². The van der Waals surface area contributed by atoms with E-state index in [0.29, 0.717) is 10.0 Å². The van der Waals surface area contributed by atoms with Gasteiger partial charge < -0.3 is 5.11 Å². The highest BCUT2D eigenvalue weighted by Crippen LogP contribution is 2.66. The van der Waals surface area contributed by atoms with Gasteiger partial charge in [-0.2, -0.15) is 0 Å². The number of hydrogen-bond acceptors (Lipinski definition) is 5. The van der Waals surface area contributed by atoms with Crippen LogP contribution < -0.4 is 4.90 Å². The third-order valence-corrected chi connectivity index (χ3v) is 10.5. The average Bonchev–Trinajstić information content (AvgIpc) is 3.24. The summed E-state index contributed by atoms with van der Waals surface area (Å²) in [5.74, 6) is -6.17. The van der Waals surface area contributed by atoms with Crippen LogP contribution in [-0.4, -0.2) is 49.9 Å². The molecule has 2 saturated heterocycles. The lowest BCUT2D eigenvalue weighted by atomic mass is 9.56. The number of anilines is 1. The van der Waals surface area contributed by atoms with E-state index in [1.54, 1.807) is 25.1 Å². The Hall–Kier alpha value is -2.75. The van der Waals surface area contributed by atoms with Crippen LogP contribution in [0.5, 0.6) is 5.75 Å². The first-order valence-electron chi connectivity index (χ1n) is 12.5. The van der Waals surface area contributed by atoms with Gasteiger partial charge in [0.15, 0.2) is 9.75 Å². The molecule has 0 radical (unpaired) electrons. The molecule has 1 N–H and O–H groups in total. The normalized spacial score (nSPS) is 33.7. The lowest BCUT2D eigenvalue weighted by Gasteiger charge is -2.50. The van der Waals surface area contributed by atoms with Crippen molar-refractivity contribution in [3.63, 3.8) is 0 Å². The van der Waals surface area contributed by atoms with E-state index < -0.39 is 51.1 Å². The predicted octanol–water partition coefficient (Wildman–Crippen LogP) is 4.88. The Kier molecular flexibility index (Phi) is 6.03. The second-order valence-corrected chi connectivity index (χ2v) is 12.5. The van der Waals surface area contributed by atoms with Crippen LogP contribution in [0, 0.1) is 23.6 Å². The molecule has 4 aliphatic rings. The van der Waals surface area contributed by atoms with E-state index in [4.69, 9.17) is 23.2 Å². The van der Waals surface area contributed by atoms with Gasteiger partial charge in [-0.1, -0.05) is 27.6 Å². The maximum atomic E-state index is 14.2. The van der Waals surface area contributed by atoms with Crippen molar-refractivity contribution in [2.75, 3.05) is 11.4 Å². The van der Waals surface area contributed by atoms with Crippen LogP contribution in [0.4, 0.5) is 10.1 Å². The van der Waals surface area contributed by atoms with Crippen LogP contribution >= 0.6 is 39.1 Å². The van der Waals surface area contributed by atoms with Crippen molar-refractivity contribution >= 4 is 68.4 Å². The van der Waals surface area contributed by atoms with Gasteiger partial charge in [0.25, 0.3) is 11.8 Å². The van der Waals surface area contributed by atoms with Crippen molar-refractivity contribution in [1.82, 2.24) is 4.90 Å². The first kappa shape index (κ1) is 26.5.